The van der Waals surface area contributed by atoms with Crippen LogP contribution in [0.3, 0.4) is 0 Å². The molecule has 1 amide bonds. The van der Waals surface area contributed by atoms with E-state index in [9.17, 15) is 13.6 Å². The van der Waals surface area contributed by atoms with Gasteiger partial charge in [-0.3, -0.25) is 4.79 Å². The summed E-state index contributed by atoms with van der Waals surface area (Å²) < 4.78 is 28.6. The maximum absolute atomic E-state index is 14.3. The number of halogens is 2. The minimum absolute atomic E-state index is 0.323. The number of carbonyl (C=O) groups is 1. The normalized spacial score (nSPS) is 14.5. The first-order chi connectivity index (χ1) is 11.6. The third-order valence-corrected chi connectivity index (χ3v) is 4.24. The lowest BCUT2D eigenvalue weighted by Crippen LogP contribution is -2.36. The second kappa shape index (κ2) is 7.43. The quantitative estimate of drug-likeness (QED) is 0.911. The number of hydrogen-bond acceptors (Lipinski definition) is 2. The van der Waals surface area contributed by atoms with Crippen molar-refractivity contribution in [2.45, 2.75) is 25.8 Å². The fourth-order valence-corrected chi connectivity index (χ4v) is 2.93. The van der Waals surface area contributed by atoms with Crippen molar-refractivity contribution in [3.63, 3.8) is 0 Å². The number of anilines is 1. The Morgan fingerprint density at radius 1 is 1.00 bits per heavy atom. The number of likely N-dealkylation sites (tertiary alicyclic amines) is 1. The number of piperidine rings is 1. The van der Waals surface area contributed by atoms with Gasteiger partial charge >= 0.3 is 0 Å². The predicted molar refractivity (Wildman–Crippen MR) is 89.9 cm³/mol. The molecule has 2 aromatic carbocycles. The van der Waals surface area contributed by atoms with E-state index in [1.807, 2.05) is 30.3 Å². The summed E-state index contributed by atoms with van der Waals surface area (Å²) in [5.74, 6) is -2.19. The molecular formula is C19H20F2N2O. The summed E-state index contributed by atoms with van der Waals surface area (Å²) in [4.78, 5) is 13.9. The SMILES string of the molecule is O=C(c1c(F)cc(NCc2ccccc2)cc1F)N1CCCCC1. The predicted octanol–water partition coefficient (Wildman–Crippen LogP) is 4.20. The average molecular weight is 330 g/mol. The molecule has 5 heteroatoms. The summed E-state index contributed by atoms with van der Waals surface area (Å²) in [6.45, 7) is 1.58. The molecule has 126 valence electrons. The number of carbonyl (C=O) groups excluding carboxylic acids is 1. The number of hydrogen-bond donors (Lipinski definition) is 1. The molecule has 0 spiro atoms. The molecule has 2 aromatic rings. The van der Waals surface area contributed by atoms with Crippen molar-refractivity contribution in [2.75, 3.05) is 18.4 Å². The molecule has 0 saturated carbocycles. The average Bonchev–Trinajstić information content (AvgIpc) is 2.61. The Labute approximate surface area is 140 Å². The van der Waals surface area contributed by atoms with Crippen LogP contribution in [0.5, 0.6) is 0 Å². The molecule has 1 aliphatic heterocycles. The van der Waals surface area contributed by atoms with Crippen LogP contribution < -0.4 is 5.32 Å². The molecule has 0 aromatic heterocycles. The van der Waals surface area contributed by atoms with Crippen LogP contribution in [0.4, 0.5) is 14.5 Å². The van der Waals surface area contributed by atoms with Gasteiger partial charge in [0, 0.05) is 25.3 Å². The molecule has 3 rings (SSSR count). The molecule has 0 bridgehead atoms. The van der Waals surface area contributed by atoms with Gasteiger partial charge in [-0.25, -0.2) is 8.78 Å². The molecular weight excluding hydrogens is 310 g/mol. The van der Waals surface area contributed by atoms with E-state index in [4.69, 9.17) is 0 Å². The van der Waals surface area contributed by atoms with Gasteiger partial charge in [0.05, 0.1) is 0 Å². The minimum atomic E-state index is -0.818. The van der Waals surface area contributed by atoms with Crippen LogP contribution in [0.15, 0.2) is 42.5 Å². The van der Waals surface area contributed by atoms with Crippen LogP contribution in [0.25, 0.3) is 0 Å². The summed E-state index contributed by atoms with van der Waals surface area (Å²) in [6.07, 6.45) is 2.81. The number of amides is 1. The van der Waals surface area contributed by atoms with Gasteiger partial charge in [-0.2, -0.15) is 0 Å². The van der Waals surface area contributed by atoms with E-state index in [1.165, 1.54) is 17.0 Å². The van der Waals surface area contributed by atoms with Gasteiger partial charge in [-0.1, -0.05) is 30.3 Å². The van der Waals surface area contributed by atoms with Gasteiger partial charge in [0.2, 0.25) is 0 Å². The highest BCUT2D eigenvalue weighted by Gasteiger charge is 2.25. The van der Waals surface area contributed by atoms with Crippen molar-refractivity contribution < 1.29 is 13.6 Å². The van der Waals surface area contributed by atoms with Gasteiger partial charge in [-0.05, 0) is 37.0 Å². The summed E-state index contributed by atoms with van der Waals surface area (Å²) in [7, 11) is 0. The lowest BCUT2D eigenvalue weighted by molar-refractivity contribution is 0.0714. The Kier molecular flexibility index (Phi) is 5.08. The molecule has 1 N–H and O–H groups in total. The number of nitrogens with one attached hydrogen (secondary N) is 1. The third kappa shape index (κ3) is 3.72. The van der Waals surface area contributed by atoms with Gasteiger partial charge in [-0.15, -0.1) is 0 Å². The molecule has 24 heavy (non-hydrogen) atoms. The first-order valence-electron chi connectivity index (χ1n) is 8.21. The van der Waals surface area contributed by atoms with Crippen molar-refractivity contribution in [3.8, 4) is 0 Å². The Hall–Kier alpha value is -2.43. The zero-order chi connectivity index (χ0) is 16.9. The van der Waals surface area contributed by atoms with Gasteiger partial charge in [0.15, 0.2) is 0 Å². The maximum Gasteiger partial charge on any atom is 0.259 e. The summed E-state index contributed by atoms with van der Waals surface area (Å²) in [5, 5.41) is 2.98. The van der Waals surface area contributed by atoms with Gasteiger partial charge < -0.3 is 10.2 Å². The Bertz CT molecular complexity index is 690. The summed E-state index contributed by atoms with van der Waals surface area (Å²) in [6, 6.07) is 11.9. The van der Waals surface area contributed by atoms with E-state index in [0.717, 1.165) is 24.8 Å². The minimum Gasteiger partial charge on any atom is -0.381 e. The van der Waals surface area contributed by atoms with Crippen molar-refractivity contribution in [1.82, 2.24) is 4.90 Å². The van der Waals surface area contributed by atoms with E-state index >= 15 is 0 Å². The van der Waals surface area contributed by atoms with E-state index in [0.29, 0.717) is 25.3 Å². The van der Waals surface area contributed by atoms with Crippen LogP contribution >= 0.6 is 0 Å². The van der Waals surface area contributed by atoms with Crippen LogP contribution in [0.1, 0.15) is 35.2 Å². The molecule has 0 radical (unpaired) electrons. The summed E-state index contributed by atoms with van der Waals surface area (Å²) in [5.41, 5.74) is 0.873. The van der Waals surface area contributed by atoms with Crippen LogP contribution in [-0.4, -0.2) is 23.9 Å². The summed E-state index contributed by atoms with van der Waals surface area (Å²) >= 11 is 0. The largest absolute Gasteiger partial charge is 0.381 e. The molecule has 0 aliphatic carbocycles. The number of nitrogens with zero attached hydrogens (tertiary/aromatic N) is 1. The second-order valence-corrected chi connectivity index (χ2v) is 6.01. The van der Waals surface area contributed by atoms with E-state index < -0.39 is 23.1 Å². The van der Waals surface area contributed by atoms with Crippen molar-refractivity contribution in [2.24, 2.45) is 0 Å². The fraction of sp³-hybridized carbons (Fsp3) is 0.316. The molecule has 1 saturated heterocycles. The fourth-order valence-electron chi connectivity index (χ4n) is 2.93. The lowest BCUT2D eigenvalue weighted by Gasteiger charge is -2.27. The van der Waals surface area contributed by atoms with Crippen molar-refractivity contribution >= 4 is 11.6 Å². The smallest absolute Gasteiger partial charge is 0.259 e. The van der Waals surface area contributed by atoms with E-state index in [-0.39, 0.29) is 0 Å². The molecule has 1 aliphatic rings. The van der Waals surface area contributed by atoms with E-state index in [2.05, 4.69) is 5.32 Å². The Morgan fingerprint density at radius 3 is 2.25 bits per heavy atom. The monoisotopic (exact) mass is 330 g/mol. The van der Waals surface area contributed by atoms with Gasteiger partial charge in [0.1, 0.15) is 17.2 Å². The van der Waals surface area contributed by atoms with Crippen LogP contribution in [0, 0.1) is 11.6 Å². The van der Waals surface area contributed by atoms with E-state index in [1.54, 1.807) is 0 Å². The van der Waals surface area contributed by atoms with Crippen LogP contribution in [-0.2, 0) is 6.54 Å². The molecule has 1 heterocycles. The molecule has 1 fully saturated rings. The Balaban J connectivity index is 1.74. The number of rotatable bonds is 4. The highest BCUT2D eigenvalue weighted by molar-refractivity contribution is 5.95. The third-order valence-electron chi connectivity index (χ3n) is 4.24. The van der Waals surface area contributed by atoms with Crippen molar-refractivity contribution in [3.05, 3.63) is 65.2 Å². The maximum atomic E-state index is 14.3. The van der Waals surface area contributed by atoms with Gasteiger partial charge in [0.25, 0.3) is 5.91 Å². The highest BCUT2D eigenvalue weighted by Crippen LogP contribution is 2.22. The highest BCUT2D eigenvalue weighted by atomic mass is 19.1. The van der Waals surface area contributed by atoms with Crippen molar-refractivity contribution in [1.29, 1.82) is 0 Å². The lowest BCUT2D eigenvalue weighted by atomic mass is 10.1. The van der Waals surface area contributed by atoms with Crippen LogP contribution in [0.2, 0.25) is 0 Å². The zero-order valence-electron chi connectivity index (χ0n) is 13.4. The first kappa shape index (κ1) is 16.4. The molecule has 0 unspecified atom stereocenters. The molecule has 0 atom stereocenters. The second-order valence-electron chi connectivity index (χ2n) is 6.01. The standard InChI is InChI=1S/C19H20F2N2O/c20-16-11-15(22-13-14-7-3-1-4-8-14)12-17(21)18(16)19(24)23-9-5-2-6-10-23/h1,3-4,7-8,11-12,22H,2,5-6,9-10,13H2. The number of benzene rings is 2. The molecule has 3 nitrogen and oxygen atoms in total. The first-order valence-corrected chi connectivity index (χ1v) is 8.21. The zero-order valence-corrected chi connectivity index (χ0v) is 13.4. The topological polar surface area (TPSA) is 32.3 Å². The Morgan fingerprint density at radius 2 is 1.62 bits per heavy atom.